The first-order chi connectivity index (χ1) is 5.94. The van der Waals surface area contributed by atoms with Gasteiger partial charge in [0.05, 0.1) is 6.20 Å². The van der Waals surface area contributed by atoms with E-state index in [2.05, 4.69) is 4.98 Å². The Morgan fingerprint density at radius 2 is 2.23 bits per heavy atom. The molecule has 1 aromatic rings. The van der Waals surface area contributed by atoms with Crippen molar-refractivity contribution < 1.29 is 8.42 Å². The Bertz CT molecular complexity index is 394. The fourth-order valence-corrected chi connectivity index (χ4v) is 1.84. The molecule has 0 unspecified atom stereocenters. The summed E-state index contributed by atoms with van der Waals surface area (Å²) < 4.78 is 23.6. The van der Waals surface area contributed by atoms with Crippen molar-refractivity contribution in [2.45, 2.75) is 19.2 Å². The smallest absolute Gasteiger partial charge is 0.154 e. The van der Waals surface area contributed by atoms with Gasteiger partial charge in [-0.3, -0.25) is 0 Å². The third kappa shape index (κ3) is 2.45. The van der Waals surface area contributed by atoms with Crippen molar-refractivity contribution in [2.75, 3.05) is 12.0 Å². The number of anilines is 1. The van der Waals surface area contributed by atoms with Gasteiger partial charge in [0.25, 0.3) is 0 Å². The highest BCUT2D eigenvalue weighted by molar-refractivity contribution is 7.89. The first-order valence-corrected chi connectivity index (χ1v) is 5.97. The number of hydrogen-bond donors (Lipinski definition) is 1. The fourth-order valence-electron chi connectivity index (χ4n) is 1.14. The lowest BCUT2D eigenvalue weighted by molar-refractivity contribution is 0.597. The van der Waals surface area contributed by atoms with Crippen molar-refractivity contribution >= 4 is 15.7 Å². The third-order valence-electron chi connectivity index (χ3n) is 1.68. The fraction of sp³-hybridized carbons (Fsp3) is 0.571. The first kappa shape index (κ1) is 10.0. The Labute approximate surface area is 77.5 Å². The number of nitrogens with two attached hydrogens (primary N) is 1. The summed E-state index contributed by atoms with van der Waals surface area (Å²) in [6, 6.07) is 0. The molecule has 0 fully saturated rings. The summed E-state index contributed by atoms with van der Waals surface area (Å²) in [5.41, 5.74) is 5.58. The molecule has 0 saturated carbocycles. The van der Waals surface area contributed by atoms with E-state index in [0.29, 0.717) is 18.2 Å². The predicted octanol–water partition coefficient (Wildman–Crippen LogP) is 0.0298. The minimum Gasteiger partial charge on any atom is -0.384 e. The van der Waals surface area contributed by atoms with E-state index in [1.807, 2.05) is 6.92 Å². The molecule has 0 atom stereocenters. The van der Waals surface area contributed by atoms with Crippen molar-refractivity contribution in [3.05, 3.63) is 12.0 Å². The van der Waals surface area contributed by atoms with Gasteiger partial charge in [-0.05, 0) is 6.92 Å². The van der Waals surface area contributed by atoms with E-state index in [0.717, 1.165) is 0 Å². The minimum atomic E-state index is -3.04. The van der Waals surface area contributed by atoms with Crippen molar-refractivity contribution in [2.24, 2.45) is 0 Å². The van der Waals surface area contributed by atoms with Crippen LogP contribution in [0.2, 0.25) is 0 Å². The van der Waals surface area contributed by atoms with E-state index < -0.39 is 9.84 Å². The number of nitrogens with zero attached hydrogens (tertiary/aromatic N) is 2. The first-order valence-electron chi connectivity index (χ1n) is 3.91. The minimum absolute atomic E-state index is 0.0575. The maximum Gasteiger partial charge on any atom is 0.154 e. The second-order valence-corrected chi connectivity index (χ2v) is 5.05. The molecule has 1 rings (SSSR count). The third-order valence-corrected chi connectivity index (χ3v) is 2.46. The van der Waals surface area contributed by atoms with Gasteiger partial charge in [-0.1, -0.05) is 0 Å². The SMILES string of the molecule is CCn1c(N)cnc1CS(C)(=O)=O. The van der Waals surface area contributed by atoms with Crippen LogP contribution in [-0.4, -0.2) is 24.2 Å². The molecule has 74 valence electrons. The molecule has 13 heavy (non-hydrogen) atoms. The zero-order chi connectivity index (χ0) is 10.1. The van der Waals surface area contributed by atoms with Crippen LogP contribution in [0.25, 0.3) is 0 Å². The van der Waals surface area contributed by atoms with E-state index in [1.54, 1.807) is 4.57 Å². The van der Waals surface area contributed by atoms with Crippen LogP contribution < -0.4 is 5.73 Å². The van der Waals surface area contributed by atoms with E-state index in [1.165, 1.54) is 12.5 Å². The summed E-state index contributed by atoms with van der Waals surface area (Å²) in [7, 11) is -3.04. The molecule has 5 nitrogen and oxygen atoms in total. The lowest BCUT2D eigenvalue weighted by Crippen LogP contribution is -2.10. The maximum absolute atomic E-state index is 11.0. The normalized spacial score (nSPS) is 11.8. The Morgan fingerprint density at radius 1 is 1.62 bits per heavy atom. The van der Waals surface area contributed by atoms with Crippen LogP contribution in [0.4, 0.5) is 5.82 Å². The van der Waals surface area contributed by atoms with Crippen LogP contribution in [-0.2, 0) is 22.1 Å². The Hall–Kier alpha value is -1.04. The summed E-state index contributed by atoms with van der Waals surface area (Å²) in [5.74, 6) is 0.946. The summed E-state index contributed by atoms with van der Waals surface area (Å²) in [5, 5.41) is 0. The molecular formula is C7H13N3O2S. The summed E-state index contributed by atoms with van der Waals surface area (Å²) in [6.07, 6.45) is 2.65. The maximum atomic E-state index is 11.0. The molecule has 0 spiro atoms. The topological polar surface area (TPSA) is 78.0 Å². The summed E-state index contributed by atoms with van der Waals surface area (Å²) in [6.45, 7) is 2.53. The number of aromatic nitrogens is 2. The molecule has 0 aliphatic carbocycles. The van der Waals surface area contributed by atoms with Crippen LogP contribution >= 0.6 is 0 Å². The largest absolute Gasteiger partial charge is 0.384 e. The van der Waals surface area contributed by atoms with Gasteiger partial charge in [0.15, 0.2) is 9.84 Å². The van der Waals surface area contributed by atoms with Gasteiger partial charge in [-0.2, -0.15) is 0 Å². The average Bonchev–Trinajstić information content (AvgIpc) is 2.28. The molecule has 0 radical (unpaired) electrons. The van der Waals surface area contributed by atoms with E-state index in [-0.39, 0.29) is 5.75 Å². The highest BCUT2D eigenvalue weighted by Crippen LogP contribution is 2.09. The number of nitrogen functional groups attached to an aromatic ring is 1. The van der Waals surface area contributed by atoms with Crippen LogP contribution in [0.15, 0.2) is 6.20 Å². The van der Waals surface area contributed by atoms with Crippen LogP contribution in [0.1, 0.15) is 12.7 Å². The molecule has 0 bridgehead atoms. The van der Waals surface area contributed by atoms with Gasteiger partial charge in [-0.15, -0.1) is 0 Å². The molecule has 6 heteroatoms. The van der Waals surface area contributed by atoms with Gasteiger partial charge < -0.3 is 10.3 Å². The lowest BCUT2D eigenvalue weighted by Gasteiger charge is -2.04. The summed E-state index contributed by atoms with van der Waals surface area (Å²) in [4.78, 5) is 3.93. The van der Waals surface area contributed by atoms with Gasteiger partial charge in [0.2, 0.25) is 0 Å². The quantitative estimate of drug-likeness (QED) is 0.751. The Morgan fingerprint density at radius 3 is 2.69 bits per heavy atom. The van der Waals surface area contributed by atoms with Crippen LogP contribution in [0, 0.1) is 0 Å². The lowest BCUT2D eigenvalue weighted by atomic mass is 10.6. The second-order valence-electron chi connectivity index (χ2n) is 2.91. The Balaban J connectivity index is 3.02. The molecule has 1 heterocycles. The van der Waals surface area contributed by atoms with Crippen molar-refractivity contribution in [1.29, 1.82) is 0 Å². The molecule has 0 aromatic carbocycles. The van der Waals surface area contributed by atoms with Crippen molar-refractivity contribution in [3.8, 4) is 0 Å². The van der Waals surface area contributed by atoms with E-state index in [4.69, 9.17) is 5.73 Å². The van der Waals surface area contributed by atoms with Gasteiger partial charge in [-0.25, -0.2) is 13.4 Å². The van der Waals surface area contributed by atoms with Crippen molar-refractivity contribution in [1.82, 2.24) is 9.55 Å². The molecule has 0 aliphatic rings. The second kappa shape index (κ2) is 3.37. The van der Waals surface area contributed by atoms with Crippen LogP contribution in [0.3, 0.4) is 0 Å². The van der Waals surface area contributed by atoms with Crippen molar-refractivity contribution in [3.63, 3.8) is 0 Å². The zero-order valence-corrected chi connectivity index (χ0v) is 8.50. The average molecular weight is 203 g/mol. The standard InChI is InChI=1S/C7H13N3O2S/c1-3-10-6(8)4-9-7(10)5-13(2,11)12/h4H,3,5,8H2,1-2H3. The zero-order valence-electron chi connectivity index (χ0n) is 7.69. The molecule has 1 aromatic heterocycles. The summed E-state index contributed by atoms with van der Waals surface area (Å²) >= 11 is 0. The number of sulfone groups is 1. The highest BCUT2D eigenvalue weighted by atomic mass is 32.2. The van der Waals surface area contributed by atoms with Gasteiger partial charge >= 0.3 is 0 Å². The number of hydrogen-bond acceptors (Lipinski definition) is 4. The Kier molecular flexibility index (Phi) is 2.60. The molecule has 0 saturated heterocycles. The van der Waals surface area contributed by atoms with E-state index in [9.17, 15) is 8.42 Å². The highest BCUT2D eigenvalue weighted by Gasteiger charge is 2.11. The van der Waals surface area contributed by atoms with Gasteiger partial charge in [0, 0.05) is 12.8 Å². The van der Waals surface area contributed by atoms with Gasteiger partial charge in [0.1, 0.15) is 17.4 Å². The molecule has 0 amide bonds. The number of imidazole rings is 1. The van der Waals surface area contributed by atoms with Crippen LogP contribution in [0.5, 0.6) is 0 Å². The molecule has 0 aliphatic heterocycles. The molecule has 2 N–H and O–H groups in total. The number of rotatable bonds is 3. The molecular weight excluding hydrogens is 190 g/mol. The van der Waals surface area contributed by atoms with E-state index >= 15 is 0 Å². The monoisotopic (exact) mass is 203 g/mol. The predicted molar refractivity (Wildman–Crippen MR) is 50.9 cm³/mol.